The zero-order valence-electron chi connectivity index (χ0n) is 10.6. The average Bonchev–Trinajstić information content (AvgIpc) is 2.20. The van der Waals surface area contributed by atoms with E-state index in [1.807, 2.05) is 12.2 Å². The zero-order valence-corrected chi connectivity index (χ0v) is 10.6. The van der Waals surface area contributed by atoms with Crippen LogP contribution in [0, 0.1) is 0 Å². The zero-order chi connectivity index (χ0) is 11.8. The maximum Gasteiger partial charge on any atom is -0.0288 e. The number of rotatable bonds is 4. The first-order valence-corrected chi connectivity index (χ1v) is 5.55. The van der Waals surface area contributed by atoms with Crippen molar-refractivity contribution in [3.8, 4) is 0 Å². The Labute approximate surface area is 91.4 Å². The highest BCUT2D eigenvalue weighted by atomic mass is 13.9. The van der Waals surface area contributed by atoms with Crippen LogP contribution in [0.15, 0.2) is 37.5 Å². The van der Waals surface area contributed by atoms with Crippen molar-refractivity contribution in [3.05, 3.63) is 37.5 Å². The van der Waals surface area contributed by atoms with E-state index in [0.29, 0.717) is 0 Å². The topological polar surface area (TPSA) is 0 Å². The van der Waals surface area contributed by atoms with Gasteiger partial charge in [0.2, 0.25) is 0 Å². The van der Waals surface area contributed by atoms with Gasteiger partial charge in [-0.15, -0.1) is 6.58 Å². The van der Waals surface area contributed by atoms with Crippen LogP contribution in [0.3, 0.4) is 0 Å². The minimum atomic E-state index is 1.08. The Morgan fingerprint density at radius 2 is 1.43 bits per heavy atom. The van der Waals surface area contributed by atoms with Gasteiger partial charge < -0.3 is 0 Å². The van der Waals surface area contributed by atoms with Crippen molar-refractivity contribution in [1.82, 2.24) is 0 Å². The third-order valence-electron chi connectivity index (χ3n) is 1.15. The van der Waals surface area contributed by atoms with Crippen molar-refractivity contribution in [2.24, 2.45) is 0 Å². The Balaban J connectivity index is -0.000000147. The SMILES string of the molecule is C=CC(=C)CCC.C=CCC.CCC. The highest BCUT2D eigenvalue weighted by Gasteiger charge is 1.79. The first kappa shape index (κ1) is 18.9. The Bertz CT molecular complexity index is 120. The fraction of sp³-hybridized carbons (Fsp3) is 0.571. The van der Waals surface area contributed by atoms with Crippen LogP contribution in [0.5, 0.6) is 0 Å². The molecule has 0 nitrogen and oxygen atoms in total. The molecule has 84 valence electrons. The molecule has 0 aliphatic carbocycles. The number of allylic oxidation sites excluding steroid dienone is 3. The van der Waals surface area contributed by atoms with E-state index in [1.165, 1.54) is 12.8 Å². The molecule has 0 spiro atoms. The normalized spacial score (nSPS) is 7.14. The third-order valence-corrected chi connectivity index (χ3v) is 1.15. The van der Waals surface area contributed by atoms with Gasteiger partial charge in [-0.05, 0) is 12.8 Å². The molecule has 0 fully saturated rings. The Kier molecular flexibility index (Phi) is 30.7. The van der Waals surface area contributed by atoms with Gasteiger partial charge in [0.1, 0.15) is 0 Å². The molecule has 0 N–H and O–H groups in total. The third kappa shape index (κ3) is 43.0. The second-order valence-corrected chi connectivity index (χ2v) is 3.02. The van der Waals surface area contributed by atoms with Crippen LogP contribution in [0.25, 0.3) is 0 Å². The van der Waals surface area contributed by atoms with Crippen LogP contribution in [0.4, 0.5) is 0 Å². The lowest BCUT2D eigenvalue weighted by atomic mass is 10.2. The fourth-order valence-electron chi connectivity index (χ4n) is 0.423. The van der Waals surface area contributed by atoms with E-state index in [4.69, 9.17) is 0 Å². The van der Waals surface area contributed by atoms with Gasteiger partial charge in [-0.1, -0.05) is 71.4 Å². The summed E-state index contributed by atoms with van der Waals surface area (Å²) in [5.41, 5.74) is 1.14. The van der Waals surface area contributed by atoms with Crippen LogP contribution in [-0.4, -0.2) is 0 Å². The molecule has 0 unspecified atom stereocenters. The summed E-state index contributed by atoms with van der Waals surface area (Å²) in [5, 5.41) is 0. The van der Waals surface area contributed by atoms with Crippen LogP contribution in [-0.2, 0) is 0 Å². The van der Waals surface area contributed by atoms with E-state index < -0.39 is 0 Å². The summed E-state index contributed by atoms with van der Waals surface area (Å²) in [7, 11) is 0. The summed E-state index contributed by atoms with van der Waals surface area (Å²) < 4.78 is 0. The van der Waals surface area contributed by atoms with Crippen LogP contribution >= 0.6 is 0 Å². The Morgan fingerprint density at radius 1 is 1.07 bits per heavy atom. The summed E-state index contributed by atoms with van der Waals surface area (Å²) in [6, 6.07) is 0. The van der Waals surface area contributed by atoms with Gasteiger partial charge in [0.05, 0.1) is 0 Å². The molecule has 0 saturated carbocycles. The predicted molar refractivity (Wildman–Crippen MR) is 70.7 cm³/mol. The van der Waals surface area contributed by atoms with Gasteiger partial charge in [-0.25, -0.2) is 0 Å². The highest BCUT2D eigenvalue weighted by molar-refractivity contribution is 5.09. The van der Waals surface area contributed by atoms with Gasteiger partial charge in [-0.2, -0.15) is 0 Å². The maximum absolute atomic E-state index is 3.74. The molecule has 0 aliphatic rings. The standard InChI is InChI=1S/C7H12.C4H8.C3H8/c1-4-6-7(3)5-2;1-3-4-2;1-3-2/h5H,2-4,6H2,1H3;3H,1,4H2,2H3;3H2,1-2H3. The van der Waals surface area contributed by atoms with E-state index in [2.05, 4.69) is 47.4 Å². The molecule has 0 radical (unpaired) electrons. The van der Waals surface area contributed by atoms with E-state index in [-0.39, 0.29) is 0 Å². The molecule has 0 amide bonds. The van der Waals surface area contributed by atoms with E-state index in [9.17, 15) is 0 Å². The van der Waals surface area contributed by atoms with Gasteiger partial charge in [0, 0.05) is 0 Å². The van der Waals surface area contributed by atoms with Gasteiger partial charge >= 0.3 is 0 Å². The lowest BCUT2D eigenvalue weighted by Gasteiger charge is -1.89. The largest absolute Gasteiger partial charge is 0.103 e. The predicted octanol–water partition coefficient (Wildman–Crippen LogP) is 5.53. The summed E-state index contributed by atoms with van der Waals surface area (Å²) in [5.74, 6) is 0. The lowest BCUT2D eigenvalue weighted by Crippen LogP contribution is -1.69. The summed E-state index contributed by atoms with van der Waals surface area (Å²) in [6.45, 7) is 19.2. The van der Waals surface area contributed by atoms with Crippen molar-refractivity contribution in [2.45, 2.75) is 53.4 Å². The molecule has 14 heavy (non-hydrogen) atoms. The van der Waals surface area contributed by atoms with Crippen LogP contribution in [0.1, 0.15) is 53.4 Å². The Morgan fingerprint density at radius 3 is 1.50 bits per heavy atom. The Hall–Kier alpha value is -0.780. The van der Waals surface area contributed by atoms with Crippen molar-refractivity contribution in [3.63, 3.8) is 0 Å². The molecule has 0 atom stereocenters. The fourth-order valence-corrected chi connectivity index (χ4v) is 0.423. The quantitative estimate of drug-likeness (QED) is 0.410. The molecular weight excluding hydrogens is 168 g/mol. The van der Waals surface area contributed by atoms with E-state index in [1.54, 1.807) is 0 Å². The van der Waals surface area contributed by atoms with Gasteiger partial charge in [-0.3, -0.25) is 0 Å². The van der Waals surface area contributed by atoms with Gasteiger partial charge in [0.15, 0.2) is 0 Å². The van der Waals surface area contributed by atoms with Crippen molar-refractivity contribution in [1.29, 1.82) is 0 Å². The molecule has 0 aromatic heterocycles. The van der Waals surface area contributed by atoms with Gasteiger partial charge in [0.25, 0.3) is 0 Å². The summed E-state index contributed by atoms with van der Waals surface area (Å²) in [6.07, 6.45) is 8.28. The molecule has 0 heteroatoms. The number of hydrogen-bond acceptors (Lipinski definition) is 0. The van der Waals surface area contributed by atoms with Crippen molar-refractivity contribution < 1.29 is 0 Å². The van der Waals surface area contributed by atoms with E-state index >= 15 is 0 Å². The second kappa shape index (κ2) is 22.8. The van der Waals surface area contributed by atoms with Crippen molar-refractivity contribution >= 4 is 0 Å². The monoisotopic (exact) mass is 196 g/mol. The summed E-state index contributed by atoms with van der Waals surface area (Å²) in [4.78, 5) is 0. The minimum absolute atomic E-state index is 1.08. The van der Waals surface area contributed by atoms with E-state index in [0.717, 1.165) is 18.4 Å². The van der Waals surface area contributed by atoms with Crippen LogP contribution in [0.2, 0.25) is 0 Å². The summed E-state index contributed by atoms with van der Waals surface area (Å²) >= 11 is 0. The number of hydrogen-bond donors (Lipinski definition) is 0. The first-order valence-electron chi connectivity index (χ1n) is 5.55. The first-order chi connectivity index (χ1) is 6.64. The second-order valence-electron chi connectivity index (χ2n) is 3.02. The molecular formula is C14H28. The molecule has 0 aromatic rings. The highest BCUT2D eigenvalue weighted by Crippen LogP contribution is 1.99. The molecule has 0 aromatic carbocycles. The average molecular weight is 196 g/mol. The molecule has 0 bridgehead atoms. The van der Waals surface area contributed by atoms with Crippen LogP contribution < -0.4 is 0 Å². The molecule has 0 rings (SSSR count). The maximum atomic E-state index is 3.74. The smallest absolute Gasteiger partial charge is 0.0288 e. The molecule has 0 heterocycles. The molecule has 0 saturated heterocycles. The minimum Gasteiger partial charge on any atom is -0.103 e. The van der Waals surface area contributed by atoms with Crippen molar-refractivity contribution in [2.75, 3.05) is 0 Å². The molecule has 0 aliphatic heterocycles. The lowest BCUT2D eigenvalue weighted by molar-refractivity contribution is 0.930.